The molecule has 92 valence electrons. The molecule has 0 saturated carbocycles. The van der Waals surface area contributed by atoms with Crippen LogP contribution in [0.5, 0.6) is 0 Å². The molecule has 0 aromatic carbocycles. The lowest BCUT2D eigenvalue weighted by Crippen LogP contribution is -2.37. The van der Waals surface area contributed by atoms with Crippen molar-refractivity contribution in [1.82, 2.24) is 0 Å². The van der Waals surface area contributed by atoms with Gasteiger partial charge in [0.2, 0.25) is 0 Å². The zero-order valence-electron chi connectivity index (χ0n) is 9.92. The molecule has 0 bridgehead atoms. The molecule has 0 aliphatic carbocycles. The molecule has 0 amide bonds. The van der Waals surface area contributed by atoms with Gasteiger partial charge in [-0.05, 0) is 13.8 Å². The number of methoxy groups -OCH3 is 2. The molecular weight excluding hydrogens is 264 g/mol. The number of hydrogen-bond acceptors (Lipinski definition) is 4. The van der Waals surface area contributed by atoms with Crippen LogP contribution in [0.4, 0.5) is 0 Å². The van der Waals surface area contributed by atoms with E-state index >= 15 is 0 Å². The van der Waals surface area contributed by atoms with Crippen molar-refractivity contribution in [2.75, 3.05) is 40.6 Å². The van der Waals surface area contributed by atoms with Crippen LogP contribution in [0.2, 0.25) is 0 Å². The Bertz CT molecular complexity index is 152. The van der Waals surface area contributed by atoms with Gasteiger partial charge in [0, 0.05) is 14.2 Å². The van der Waals surface area contributed by atoms with Crippen molar-refractivity contribution in [2.24, 2.45) is 0 Å². The normalized spacial score (nSPS) is 17.4. The minimum Gasteiger partial charge on any atom is -0.382 e. The first kappa shape index (κ1) is 15.3. The molecule has 4 nitrogen and oxygen atoms in total. The lowest BCUT2D eigenvalue weighted by molar-refractivity contribution is -0.0887. The van der Waals surface area contributed by atoms with E-state index in [1.807, 2.05) is 13.8 Å². The van der Waals surface area contributed by atoms with E-state index in [0.717, 1.165) is 0 Å². The van der Waals surface area contributed by atoms with E-state index in [1.54, 1.807) is 14.2 Å². The third-order valence-electron chi connectivity index (χ3n) is 2.05. The predicted molar refractivity (Wildman–Crippen MR) is 62.5 cm³/mol. The van der Waals surface area contributed by atoms with Gasteiger partial charge in [-0.15, -0.1) is 0 Å². The molecule has 0 aliphatic heterocycles. The number of rotatable bonds is 9. The second-order valence-electron chi connectivity index (χ2n) is 3.33. The molecular formula is C10H21BrO4. The van der Waals surface area contributed by atoms with Crippen LogP contribution in [0.1, 0.15) is 13.8 Å². The lowest BCUT2D eigenvalue weighted by atomic mass is 10.2. The summed E-state index contributed by atoms with van der Waals surface area (Å²) in [6.07, 6.45) is -0.0514. The summed E-state index contributed by atoms with van der Waals surface area (Å²) < 4.78 is 20.5. The number of hydrogen-bond donors (Lipinski definition) is 0. The van der Waals surface area contributed by atoms with Crippen LogP contribution < -0.4 is 0 Å². The Morgan fingerprint density at radius 3 is 2.13 bits per heavy atom. The van der Waals surface area contributed by atoms with Gasteiger partial charge in [-0.1, -0.05) is 15.9 Å². The average molecular weight is 285 g/mol. The summed E-state index contributed by atoms with van der Waals surface area (Å²) >= 11 is 3.49. The minimum absolute atomic E-state index is 0.0514. The monoisotopic (exact) mass is 284 g/mol. The summed E-state index contributed by atoms with van der Waals surface area (Å²) in [6.45, 7) is 6.15. The van der Waals surface area contributed by atoms with Gasteiger partial charge in [0.1, 0.15) is 4.51 Å². The average Bonchev–Trinajstić information content (AvgIpc) is 2.18. The Kier molecular flexibility index (Phi) is 8.65. The van der Waals surface area contributed by atoms with Gasteiger partial charge in [0.25, 0.3) is 0 Å². The molecule has 5 heteroatoms. The zero-order chi connectivity index (χ0) is 11.7. The molecule has 0 rings (SSSR count). The maximum atomic E-state index is 5.59. The Morgan fingerprint density at radius 2 is 1.60 bits per heavy atom. The number of alkyl halides is 1. The quantitative estimate of drug-likeness (QED) is 0.478. The summed E-state index contributed by atoms with van der Waals surface area (Å²) in [6, 6.07) is 0. The van der Waals surface area contributed by atoms with Gasteiger partial charge in [0.15, 0.2) is 0 Å². The SMILES string of the molecule is COCCOC(C)C(C)(Br)OCCOC. The first-order valence-electron chi connectivity index (χ1n) is 4.97. The van der Waals surface area contributed by atoms with Gasteiger partial charge in [0.05, 0.1) is 32.5 Å². The molecule has 0 radical (unpaired) electrons. The second-order valence-corrected chi connectivity index (χ2v) is 4.91. The lowest BCUT2D eigenvalue weighted by Gasteiger charge is -2.29. The Hall–Kier alpha value is 0.320. The fourth-order valence-corrected chi connectivity index (χ4v) is 1.19. The Balaban J connectivity index is 3.74. The molecule has 0 aromatic heterocycles. The molecule has 0 N–H and O–H groups in total. The van der Waals surface area contributed by atoms with Crippen LogP contribution in [-0.4, -0.2) is 51.3 Å². The third kappa shape index (κ3) is 7.25. The van der Waals surface area contributed by atoms with Crippen molar-refractivity contribution >= 4 is 15.9 Å². The fourth-order valence-electron chi connectivity index (χ4n) is 0.899. The highest BCUT2D eigenvalue weighted by Crippen LogP contribution is 2.25. The molecule has 2 atom stereocenters. The largest absolute Gasteiger partial charge is 0.382 e. The van der Waals surface area contributed by atoms with E-state index in [9.17, 15) is 0 Å². The minimum atomic E-state index is -0.487. The molecule has 2 unspecified atom stereocenters. The molecule has 0 aliphatic rings. The van der Waals surface area contributed by atoms with E-state index in [4.69, 9.17) is 18.9 Å². The molecule has 0 aromatic rings. The molecule has 0 spiro atoms. The van der Waals surface area contributed by atoms with Gasteiger partial charge in [-0.2, -0.15) is 0 Å². The van der Waals surface area contributed by atoms with Gasteiger partial charge >= 0.3 is 0 Å². The summed E-state index contributed by atoms with van der Waals surface area (Å²) in [5, 5.41) is 0. The van der Waals surface area contributed by atoms with Crippen LogP contribution >= 0.6 is 15.9 Å². The van der Waals surface area contributed by atoms with Crippen LogP contribution in [0.25, 0.3) is 0 Å². The molecule has 15 heavy (non-hydrogen) atoms. The van der Waals surface area contributed by atoms with Crippen molar-refractivity contribution in [2.45, 2.75) is 24.5 Å². The van der Waals surface area contributed by atoms with E-state index < -0.39 is 4.51 Å². The van der Waals surface area contributed by atoms with Gasteiger partial charge in [-0.25, -0.2) is 0 Å². The maximum absolute atomic E-state index is 5.59. The van der Waals surface area contributed by atoms with Crippen LogP contribution in [0.15, 0.2) is 0 Å². The zero-order valence-corrected chi connectivity index (χ0v) is 11.5. The van der Waals surface area contributed by atoms with Crippen molar-refractivity contribution in [3.8, 4) is 0 Å². The summed E-state index contributed by atoms with van der Waals surface area (Å²) in [5.41, 5.74) is 0. The van der Waals surface area contributed by atoms with Crippen LogP contribution in [0, 0.1) is 0 Å². The van der Waals surface area contributed by atoms with E-state index in [-0.39, 0.29) is 6.10 Å². The summed E-state index contributed by atoms with van der Waals surface area (Å²) in [5.74, 6) is 0. The maximum Gasteiger partial charge on any atom is 0.145 e. The third-order valence-corrected chi connectivity index (χ3v) is 2.93. The van der Waals surface area contributed by atoms with E-state index in [2.05, 4.69) is 15.9 Å². The van der Waals surface area contributed by atoms with E-state index in [0.29, 0.717) is 26.4 Å². The standard InChI is InChI=1S/C10H21BrO4/c1-9(14-7-5-12-3)10(2,11)15-8-6-13-4/h9H,5-8H2,1-4H3. The van der Waals surface area contributed by atoms with Gasteiger partial charge in [-0.3, -0.25) is 0 Å². The van der Waals surface area contributed by atoms with Crippen LogP contribution in [-0.2, 0) is 18.9 Å². The summed E-state index contributed by atoms with van der Waals surface area (Å²) in [4.78, 5) is 0. The Labute approximate surface area is 100 Å². The van der Waals surface area contributed by atoms with Gasteiger partial charge < -0.3 is 18.9 Å². The highest BCUT2D eigenvalue weighted by molar-refractivity contribution is 9.10. The number of halogens is 1. The van der Waals surface area contributed by atoms with E-state index in [1.165, 1.54) is 0 Å². The second kappa shape index (κ2) is 8.47. The highest BCUT2D eigenvalue weighted by Gasteiger charge is 2.29. The smallest absolute Gasteiger partial charge is 0.145 e. The topological polar surface area (TPSA) is 36.9 Å². The first-order valence-corrected chi connectivity index (χ1v) is 5.76. The van der Waals surface area contributed by atoms with Crippen molar-refractivity contribution in [3.05, 3.63) is 0 Å². The first-order chi connectivity index (χ1) is 7.04. The van der Waals surface area contributed by atoms with Crippen molar-refractivity contribution in [1.29, 1.82) is 0 Å². The van der Waals surface area contributed by atoms with Crippen LogP contribution in [0.3, 0.4) is 0 Å². The molecule has 0 fully saturated rings. The molecule has 0 heterocycles. The van der Waals surface area contributed by atoms with Crippen molar-refractivity contribution in [3.63, 3.8) is 0 Å². The number of ether oxygens (including phenoxy) is 4. The Morgan fingerprint density at radius 1 is 1.07 bits per heavy atom. The molecule has 0 saturated heterocycles. The predicted octanol–water partition coefficient (Wildman–Crippen LogP) is 1.81. The summed E-state index contributed by atoms with van der Waals surface area (Å²) in [7, 11) is 3.30. The highest BCUT2D eigenvalue weighted by atomic mass is 79.9. The fraction of sp³-hybridized carbons (Fsp3) is 1.00. The van der Waals surface area contributed by atoms with Crippen molar-refractivity contribution < 1.29 is 18.9 Å².